The molecule has 3 rings (SSSR count). The summed E-state index contributed by atoms with van der Waals surface area (Å²) in [6.45, 7) is 0. The first-order valence-corrected chi connectivity index (χ1v) is 7.31. The zero-order chi connectivity index (χ0) is 12.5. The van der Waals surface area contributed by atoms with Crippen LogP contribution in [0.2, 0.25) is 0 Å². The summed E-state index contributed by atoms with van der Waals surface area (Å²) >= 11 is 1.65. The van der Waals surface area contributed by atoms with Gasteiger partial charge in [-0.25, -0.2) is 4.98 Å². The molecule has 1 aliphatic carbocycles. The van der Waals surface area contributed by atoms with E-state index in [-0.39, 0.29) is 0 Å². The van der Waals surface area contributed by atoms with Gasteiger partial charge in [0, 0.05) is 23.7 Å². The van der Waals surface area contributed by atoms with Crippen LogP contribution in [0.4, 0.5) is 5.13 Å². The van der Waals surface area contributed by atoms with E-state index in [9.17, 15) is 0 Å². The fourth-order valence-corrected chi connectivity index (χ4v) is 3.77. The first-order valence-electron chi connectivity index (χ1n) is 6.49. The molecule has 1 fully saturated rings. The van der Waals surface area contributed by atoms with Crippen molar-refractivity contribution in [2.24, 2.45) is 7.05 Å². The molecule has 0 unspecified atom stereocenters. The topological polar surface area (TPSA) is 56.7 Å². The van der Waals surface area contributed by atoms with E-state index in [2.05, 4.69) is 10.1 Å². The highest BCUT2D eigenvalue weighted by atomic mass is 32.1. The van der Waals surface area contributed by atoms with Crippen LogP contribution in [0.5, 0.6) is 0 Å². The molecule has 0 aromatic carbocycles. The highest BCUT2D eigenvalue weighted by Gasteiger charge is 2.23. The molecule has 0 spiro atoms. The summed E-state index contributed by atoms with van der Waals surface area (Å²) in [5, 5.41) is 4.90. The van der Waals surface area contributed by atoms with E-state index in [1.165, 1.54) is 37.0 Å². The Morgan fingerprint density at radius 3 is 2.78 bits per heavy atom. The largest absolute Gasteiger partial charge is 0.375 e. The molecule has 96 valence electrons. The molecule has 4 nitrogen and oxygen atoms in total. The van der Waals surface area contributed by atoms with Crippen LogP contribution in [0.15, 0.2) is 12.4 Å². The molecule has 0 radical (unpaired) electrons. The van der Waals surface area contributed by atoms with E-state index < -0.39 is 0 Å². The van der Waals surface area contributed by atoms with Gasteiger partial charge in [0.05, 0.1) is 11.9 Å². The van der Waals surface area contributed by atoms with Crippen molar-refractivity contribution in [1.29, 1.82) is 0 Å². The van der Waals surface area contributed by atoms with Crippen molar-refractivity contribution < 1.29 is 0 Å². The number of nitrogen functional groups attached to an aromatic ring is 1. The smallest absolute Gasteiger partial charge is 0.180 e. The second-order valence-corrected chi connectivity index (χ2v) is 6.06. The number of aromatic nitrogens is 3. The fraction of sp³-hybridized carbons (Fsp3) is 0.538. The molecule has 0 saturated heterocycles. The molecule has 1 saturated carbocycles. The van der Waals surface area contributed by atoms with E-state index in [0.717, 1.165) is 11.3 Å². The Kier molecular flexibility index (Phi) is 3.07. The standard InChI is InChI=1S/C13H18N4S/c1-17-8-10(7-15-17)11-12(18-13(14)16-11)9-5-3-2-4-6-9/h7-9H,2-6H2,1H3,(H2,14,16). The second-order valence-electron chi connectivity index (χ2n) is 5.00. The van der Waals surface area contributed by atoms with E-state index in [4.69, 9.17) is 5.73 Å². The van der Waals surface area contributed by atoms with Crippen molar-refractivity contribution >= 4 is 16.5 Å². The molecule has 2 aromatic rings. The van der Waals surface area contributed by atoms with Gasteiger partial charge in [-0.1, -0.05) is 19.3 Å². The van der Waals surface area contributed by atoms with Crippen molar-refractivity contribution in [3.8, 4) is 11.3 Å². The van der Waals surface area contributed by atoms with Crippen molar-refractivity contribution in [2.75, 3.05) is 5.73 Å². The van der Waals surface area contributed by atoms with Crippen LogP contribution in [0, 0.1) is 0 Å². The van der Waals surface area contributed by atoms with Gasteiger partial charge in [-0.2, -0.15) is 5.10 Å². The molecule has 2 heterocycles. The minimum Gasteiger partial charge on any atom is -0.375 e. The van der Waals surface area contributed by atoms with E-state index >= 15 is 0 Å². The predicted octanol–water partition coefficient (Wildman–Crippen LogP) is 3.17. The maximum absolute atomic E-state index is 5.91. The predicted molar refractivity (Wildman–Crippen MR) is 74.6 cm³/mol. The summed E-state index contributed by atoms with van der Waals surface area (Å²) in [6.07, 6.45) is 10.5. The molecular formula is C13H18N4S. The number of aryl methyl sites for hydroxylation is 1. The van der Waals surface area contributed by atoms with Gasteiger partial charge in [-0.15, -0.1) is 11.3 Å². The average molecular weight is 262 g/mol. The number of thiazole rings is 1. The van der Waals surface area contributed by atoms with Gasteiger partial charge in [0.1, 0.15) is 0 Å². The minimum atomic E-state index is 0.642. The van der Waals surface area contributed by atoms with Crippen LogP contribution in [0.1, 0.15) is 42.9 Å². The lowest BCUT2D eigenvalue weighted by Crippen LogP contribution is -2.03. The molecular weight excluding hydrogens is 244 g/mol. The van der Waals surface area contributed by atoms with Gasteiger partial charge in [0.25, 0.3) is 0 Å². The lowest BCUT2D eigenvalue weighted by molar-refractivity contribution is 0.448. The highest BCUT2D eigenvalue weighted by Crippen LogP contribution is 2.41. The number of hydrogen-bond acceptors (Lipinski definition) is 4. The van der Waals surface area contributed by atoms with E-state index in [0.29, 0.717) is 11.0 Å². The van der Waals surface area contributed by atoms with E-state index in [1.807, 2.05) is 24.1 Å². The van der Waals surface area contributed by atoms with Gasteiger partial charge in [-0.05, 0) is 18.8 Å². The summed E-state index contributed by atoms with van der Waals surface area (Å²) in [4.78, 5) is 5.87. The van der Waals surface area contributed by atoms with Crippen LogP contribution < -0.4 is 5.73 Å². The maximum atomic E-state index is 5.91. The van der Waals surface area contributed by atoms with Crippen molar-refractivity contribution in [3.63, 3.8) is 0 Å². The average Bonchev–Trinajstić information content (AvgIpc) is 2.96. The van der Waals surface area contributed by atoms with Crippen molar-refractivity contribution in [1.82, 2.24) is 14.8 Å². The van der Waals surface area contributed by atoms with Gasteiger partial charge < -0.3 is 5.73 Å². The fourth-order valence-electron chi connectivity index (χ4n) is 2.74. The van der Waals surface area contributed by atoms with E-state index in [1.54, 1.807) is 11.3 Å². The molecule has 0 bridgehead atoms. The molecule has 0 atom stereocenters. The number of hydrogen-bond donors (Lipinski definition) is 1. The SMILES string of the molecule is Cn1cc(-c2nc(N)sc2C2CCCCC2)cn1. The number of anilines is 1. The zero-order valence-corrected chi connectivity index (χ0v) is 11.4. The van der Waals surface area contributed by atoms with Crippen LogP contribution in [-0.4, -0.2) is 14.8 Å². The Balaban J connectivity index is 1.98. The van der Waals surface area contributed by atoms with Gasteiger partial charge in [0.2, 0.25) is 0 Å². The number of rotatable bonds is 2. The van der Waals surface area contributed by atoms with Gasteiger partial charge in [-0.3, -0.25) is 4.68 Å². The third kappa shape index (κ3) is 2.14. The Morgan fingerprint density at radius 1 is 1.33 bits per heavy atom. The molecule has 5 heteroatoms. The highest BCUT2D eigenvalue weighted by molar-refractivity contribution is 7.15. The first kappa shape index (κ1) is 11.7. The van der Waals surface area contributed by atoms with Gasteiger partial charge in [0.15, 0.2) is 5.13 Å². The summed E-state index contributed by atoms with van der Waals surface area (Å²) in [6, 6.07) is 0. The van der Waals surface area contributed by atoms with Crippen LogP contribution in [-0.2, 0) is 7.05 Å². The lowest BCUT2D eigenvalue weighted by atomic mass is 9.87. The first-order chi connectivity index (χ1) is 8.74. The third-order valence-corrected chi connectivity index (χ3v) is 4.67. The van der Waals surface area contributed by atoms with Gasteiger partial charge >= 0.3 is 0 Å². The molecule has 0 aliphatic heterocycles. The third-order valence-electron chi connectivity index (χ3n) is 3.62. The Bertz CT molecular complexity index is 537. The Morgan fingerprint density at radius 2 is 2.11 bits per heavy atom. The molecule has 2 aromatic heterocycles. The number of nitrogens with two attached hydrogens (primary N) is 1. The van der Waals surface area contributed by atoms with Crippen LogP contribution in [0.25, 0.3) is 11.3 Å². The minimum absolute atomic E-state index is 0.642. The maximum Gasteiger partial charge on any atom is 0.180 e. The Labute approximate surface area is 111 Å². The summed E-state index contributed by atoms with van der Waals surface area (Å²) < 4.78 is 1.82. The summed E-state index contributed by atoms with van der Waals surface area (Å²) in [5.41, 5.74) is 8.05. The van der Waals surface area contributed by atoms with Crippen molar-refractivity contribution in [3.05, 3.63) is 17.3 Å². The molecule has 0 amide bonds. The quantitative estimate of drug-likeness (QED) is 0.904. The monoisotopic (exact) mass is 262 g/mol. The molecule has 18 heavy (non-hydrogen) atoms. The number of nitrogens with zero attached hydrogens (tertiary/aromatic N) is 3. The van der Waals surface area contributed by atoms with Crippen LogP contribution >= 0.6 is 11.3 Å². The summed E-state index contributed by atoms with van der Waals surface area (Å²) in [5.74, 6) is 0.642. The normalized spacial score (nSPS) is 17.2. The zero-order valence-electron chi connectivity index (χ0n) is 10.6. The Hall–Kier alpha value is -1.36. The lowest BCUT2D eigenvalue weighted by Gasteiger charge is -2.20. The van der Waals surface area contributed by atoms with Crippen LogP contribution in [0.3, 0.4) is 0 Å². The summed E-state index contributed by atoms with van der Waals surface area (Å²) in [7, 11) is 1.93. The molecule has 2 N–H and O–H groups in total. The second kappa shape index (κ2) is 4.72. The molecule has 1 aliphatic rings. The van der Waals surface area contributed by atoms with Crippen molar-refractivity contribution in [2.45, 2.75) is 38.0 Å².